The van der Waals surface area contributed by atoms with Crippen LogP contribution in [0.15, 0.2) is 41.3 Å². The molecule has 2 aromatic rings. The van der Waals surface area contributed by atoms with Crippen LogP contribution in [0.2, 0.25) is 0 Å². The molecule has 0 unspecified atom stereocenters. The lowest BCUT2D eigenvalue weighted by atomic mass is 10.4. The molecule has 0 atom stereocenters. The number of carbonyl (C=O) groups is 1. The zero-order valence-corrected chi connectivity index (χ0v) is 8.40. The van der Waals surface area contributed by atoms with Crippen LogP contribution < -0.4 is 5.32 Å². The van der Waals surface area contributed by atoms with Gasteiger partial charge >= 0.3 is 0 Å². The average Bonchev–Trinajstić information content (AvgIpc) is 2.72. The smallest absolute Gasteiger partial charge is 0.293 e. The summed E-state index contributed by atoms with van der Waals surface area (Å²) in [6.45, 7) is 0. The predicted molar refractivity (Wildman–Crippen MR) is 55.9 cm³/mol. The SMILES string of the molecule is Cl.O=C(Nc1ncccn1)c1ccco1. The van der Waals surface area contributed by atoms with Crippen molar-refractivity contribution < 1.29 is 9.21 Å². The Labute approximate surface area is 92.0 Å². The zero-order chi connectivity index (χ0) is 9.80. The van der Waals surface area contributed by atoms with Crippen LogP contribution in [0.25, 0.3) is 0 Å². The number of carbonyl (C=O) groups excluding carboxylic acids is 1. The van der Waals surface area contributed by atoms with Crippen molar-refractivity contribution in [3.63, 3.8) is 0 Å². The van der Waals surface area contributed by atoms with E-state index >= 15 is 0 Å². The van der Waals surface area contributed by atoms with Gasteiger partial charge in [-0.2, -0.15) is 0 Å². The van der Waals surface area contributed by atoms with E-state index in [1.807, 2.05) is 0 Å². The first kappa shape index (κ1) is 11.2. The molecule has 0 bridgehead atoms. The lowest BCUT2D eigenvalue weighted by Crippen LogP contribution is -2.12. The first-order valence-corrected chi connectivity index (χ1v) is 3.98. The molecule has 2 rings (SSSR count). The normalized spacial score (nSPS) is 9.07. The highest BCUT2D eigenvalue weighted by atomic mass is 35.5. The molecule has 0 aliphatic heterocycles. The summed E-state index contributed by atoms with van der Waals surface area (Å²) in [5.41, 5.74) is 0. The average molecular weight is 226 g/mol. The Morgan fingerprint density at radius 3 is 2.60 bits per heavy atom. The number of amides is 1. The minimum absolute atomic E-state index is 0. The van der Waals surface area contributed by atoms with E-state index < -0.39 is 0 Å². The number of halogens is 1. The Bertz CT molecular complexity index is 416. The van der Waals surface area contributed by atoms with Crippen LogP contribution in [0.4, 0.5) is 5.95 Å². The van der Waals surface area contributed by atoms with Crippen LogP contribution in [0.5, 0.6) is 0 Å². The van der Waals surface area contributed by atoms with Crippen molar-refractivity contribution in [3.05, 3.63) is 42.6 Å². The Morgan fingerprint density at radius 2 is 2.00 bits per heavy atom. The number of hydrogen-bond acceptors (Lipinski definition) is 4. The van der Waals surface area contributed by atoms with Crippen molar-refractivity contribution in [2.24, 2.45) is 0 Å². The van der Waals surface area contributed by atoms with Gasteiger partial charge in [0.15, 0.2) is 5.76 Å². The molecule has 6 heteroatoms. The minimum Gasteiger partial charge on any atom is -0.459 e. The molecule has 0 aliphatic carbocycles. The van der Waals surface area contributed by atoms with E-state index in [4.69, 9.17) is 4.42 Å². The molecular formula is C9H8ClN3O2. The predicted octanol–water partition coefficient (Wildman–Crippen LogP) is 1.74. The van der Waals surface area contributed by atoms with E-state index in [1.165, 1.54) is 6.26 Å². The van der Waals surface area contributed by atoms with Crippen molar-refractivity contribution in [1.82, 2.24) is 9.97 Å². The lowest BCUT2D eigenvalue weighted by molar-refractivity contribution is 0.0996. The summed E-state index contributed by atoms with van der Waals surface area (Å²) in [5, 5.41) is 2.49. The van der Waals surface area contributed by atoms with E-state index in [-0.39, 0.29) is 30.0 Å². The summed E-state index contributed by atoms with van der Waals surface area (Å²) in [7, 11) is 0. The molecule has 2 aromatic heterocycles. The summed E-state index contributed by atoms with van der Waals surface area (Å²) >= 11 is 0. The molecule has 1 amide bonds. The molecule has 0 aromatic carbocycles. The van der Waals surface area contributed by atoms with Crippen LogP contribution in [0, 0.1) is 0 Å². The second kappa shape index (κ2) is 5.11. The van der Waals surface area contributed by atoms with Gasteiger partial charge in [0.25, 0.3) is 5.91 Å². The summed E-state index contributed by atoms with van der Waals surface area (Å²) in [6.07, 6.45) is 4.52. The monoisotopic (exact) mass is 225 g/mol. The zero-order valence-electron chi connectivity index (χ0n) is 7.58. The van der Waals surface area contributed by atoms with Gasteiger partial charge < -0.3 is 4.42 Å². The lowest BCUT2D eigenvalue weighted by Gasteiger charge is -1.98. The summed E-state index contributed by atoms with van der Waals surface area (Å²) < 4.78 is 4.90. The van der Waals surface area contributed by atoms with Crippen molar-refractivity contribution in [2.75, 3.05) is 5.32 Å². The number of aromatic nitrogens is 2. The highest BCUT2D eigenvalue weighted by Gasteiger charge is 2.08. The van der Waals surface area contributed by atoms with Crippen molar-refractivity contribution in [1.29, 1.82) is 0 Å². The third-order valence-corrected chi connectivity index (χ3v) is 1.54. The summed E-state index contributed by atoms with van der Waals surface area (Å²) in [4.78, 5) is 19.1. The fraction of sp³-hybridized carbons (Fsp3) is 0. The molecule has 2 heterocycles. The Hall–Kier alpha value is -1.88. The largest absolute Gasteiger partial charge is 0.459 e. The Kier molecular flexibility index (Phi) is 3.82. The van der Waals surface area contributed by atoms with Crippen molar-refractivity contribution in [2.45, 2.75) is 0 Å². The highest BCUT2D eigenvalue weighted by Crippen LogP contribution is 2.03. The summed E-state index contributed by atoms with van der Waals surface area (Å²) in [6, 6.07) is 4.88. The topological polar surface area (TPSA) is 68.0 Å². The molecular weight excluding hydrogens is 218 g/mol. The maximum atomic E-state index is 11.4. The fourth-order valence-electron chi connectivity index (χ4n) is 0.935. The van der Waals surface area contributed by atoms with Gasteiger partial charge in [-0.15, -0.1) is 12.4 Å². The van der Waals surface area contributed by atoms with Crippen molar-refractivity contribution >= 4 is 24.3 Å². The van der Waals surface area contributed by atoms with Gasteiger partial charge in [-0.3, -0.25) is 10.1 Å². The van der Waals surface area contributed by atoms with E-state index in [1.54, 1.807) is 30.6 Å². The first-order valence-electron chi connectivity index (χ1n) is 3.98. The van der Waals surface area contributed by atoms with Gasteiger partial charge in [-0.05, 0) is 18.2 Å². The number of nitrogens with zero attached hydrogens (tertiary/aromatic N) is 2. The molecule has 0 aliphatic rings. The molecule has 15 heavy (non-hydrogen) atoms. The highest BCUT2D eigenvalue weighted by molar-refractivity contribution is 6.01. The van der Waals surface area contributed by atoms with Crippen LogP contribution in [-0.2, 0) is 0 Å². The number of furan rings is 1. The van der Waals surface area contributed by atoms with Gasteiger partial charge in [-0.25, -0.2) is 9.97 Å². The first-order chi connectivity index (χ1) is 6.86. The maximum Gasteiger partial charge on any atom is 0.293 e. The maximum absolute atomic E-state index is 11.4. The number of anilines is 1. The van der Waals surface area contributed by atoms with Gasteiger partial charge in [0, 0.05) is 12.4 Å². The third kappa shape index (κ3) is 2.78. The number of hydrogen-bond donors (Lipinski definition) is 1. The van der Waals surface area contributed by atoms with Gasteiger partial charge in [-0.1, -0.05) is 0 Å². The standard InChI is InChI=1S/C9H7N3O2.ClH/c13-8(7-3-1-6-14-7)12-9-10-4-2-5-11-9;/h1-6H,(H,10,11,12,13);1H. The molecule has 0 radical (unpaired) electrons. The second-order valence-electron chi connectivity index (χ2n) is 2.50. The summed E-state index contributed by atoms with van der Waals surface area (Å²) in [5.74, 6) is 0.132. The van der Waals surface area contributed by atoms with E-state index in [9.17, 15) is 4.79 Å². The molecule has 1 N–H and O–H groups in total. The molecule has 5 nitrogen and oxygen atoms in total. The van der Waals surface area contributed by atoms with Gasteiger partial charge in [0.2, 0.25) is 5.95 Å². The van der Waals surface area contributed by atoms with Crippen LogP contribution >= 0.6 is 12.4 Å². The molecule has 0 saturated carbocycles. The molecule has 0 fully saturated rings. The van der Waals surface area contributed by atoms with Gasteiger partial charge in [0.1, 0.15) is 0 Å². The Balaban J connectivity index is 0.00000112. The molecule has 0 spiro atoms. The van der Waals surface area contributed by atoms with Crippen molar-refractivity contribution in [3.8, 4) is 0 Å². The molecule has 0 saturated heterocycles. The van der Waals surface area contributed by atoms with Crippen LogP contribution in [0.1, 0.15) is 10.6 Å². The minimum atomic E-state index is -0.360. The quantitative estimate of drug-likeness (QED) is 0.846. The number of rotatable bonds is 2. The molecule has 78 valence electrons. The third-order valence-electron chi connectivity index (χ3n) is 1.54. The second-order valence-corrected chi connectivity index (χ2v) is 2.50. The van der Waals surface area contributed by atoms with E-state index in [0.29, 0.717) is 0 Å². The van der Waals surface area contributed by atoms with Crippen LogP contribution in [-0.4, -0.2) is 15.9 Å². The van der Waals surface area contributed by atoms with E-state index in [0.717, 1.165) is 0 Å². The fourth-order valence-corrected chi connectivity index (χ4v) is 0.935. The number of nitrogens with one attached hydrogen (secondary N) is 1. The van der Waals surface area contributed by atoms with E-state index in [2.05, 4.69) is 15.3 Å². The van der Waals surface area contributed by atoms with Crippen LogP contribution in [0.3, 0.4) is 0 Å². The van der Waals surface area contributed by atoms with Gasteiger partial charge in [0.05, 0.1) is 6.26 Å². The Morgan fingerprint density at radius 1 is 1.27 bits per heavy atom.